The molecule has 1 aliphatic heterocycles. The SMILES string of the molecule is CC(C)Oc1cc(-n2nc(C(C)(C)C)oc2=O)c(Cl)cc1Cl.CC1COc2ccccc2N1C(=O)C(Cl)Cl.CCNc1nc(Cl)nc(NC(C)C)n1.CCc1cccc(C)c1N(C(=O)CCl)C(C)COC. The third-order valence-corrected chi connectivity index (χ3v) is 11.2. The monoisotopic (exact) mass is 1100 g/mol. The Morgan fingerprint density at radius 1 is 0.930 bits per heavy atom. The third-order valence-electron chi connectivity index (χ3n) is 9.79. The Bertz CT molecular complexity index is 2570. The van der Waals surface area contributed by atoms with Crippen LogP contribution in [0.15, 0.2) is 63.8 Å². The molecule has 3 aromatic carbocycles. The highest BCUT2D eigenvalue weighted by atomic mass is 35.5. The lowest BCUT2D eigenvalue weighted by atomic mass is 9.97. The van der Waals surface area contributed by atoms with Gasteiger partial charge in [0.25, 0.3) is 5.91 Å². The van der Waals surface area contributed by atoms with E-state index in [1.165, 1.54) is 6.07 Å². The van der Waals surface area contributed by atoms with Gasteiger partial charge < -0.3 is 39.1 Å². The Kier molecular flexibility index (Phi) is 24.5. The number of anilines is 4. The molecule has 0 saturated carbocycles. The van der Waals surface area contributed by atoms with Gasteiger partial charge in [-0.25, -0.2) is 4.79 Å². The Balaban J connectivity index is 0.000000254. The normalized spacial score (nSPS) is 13.4. The van der Waals surface area contributed by atoms with Crippen molar-refractivity contribution < 1.29 is 28.2 Å². The topological polar surface area (TPSA) is 179 Å². The second kappa shape index (κ2) is 28.6. The molecule has 2 unspecified atom stereocenters. The molecule has 3 heterocycles. The van der Waals surface area contributed by atoms with Crippen molar-refractivity contribution in [2.75, 3.05) is 53.2 Å². The lowest BCUT2D eigenvalue weighted by Gasteiger charge is -2.35. The number of fused-ring (bicyclic) bond motifs is 1. The van der Waals surface area contributed by atoms with Crippen molar-refractivity contribution in [3.05, 3.63) is 97.5 Å². The van der Waals surface area contributed by atoms with Gasteiger partial charge in [0.2, 0.25) is 29.0 Å². The predicted molar refractivity (Wildman–Crippen MR) is 289 cm³/mol. The first-order valence-electron chi connectivity index (χ1n) is 22.9. The third kappa shape index (κ3) is 17.9. The van der Waals surface area contributed by atoms with Crippen molar-refractivity contribution in [1.82, 2.24) is 24.7 Å². The highest BCUT2D eigenvalue weighted by molar-refractivity contribution is 6.54. The minimum absolute atomic E-state index is 0.0223. The molecule has 71 heavy (non-hydrogen) atoms. The quantitative estimate of drug-likeness (QED) is 0.100. The predicted octanol–water partition coefficient (Wildman–Crippen LogP) is 11.8. The number of hydrogen-bond donors (Lipinski definition) is 2. The maximum atomic E-state index is 12.2. The van der Waals surface area contributed by atoms with Gasteiger partial charge in [-0.3, -0.25) is 9.59 Å². The Hall–Kier alpha value is -4.55. The van der Waals surface area contributed by atoms with Crippen LogP contribution in [0.1, 0.15) is 93.2 Å². The van der Waals surface area contributed by atoms with Crippen LogP contribution in [0.25, 0.3) is 5.69 Å². The molecule has 2 amide bonds. The van der Waals surface area contributed by atoms with Crippen molar-refractivity contribution in [3.63, 3.8) is 0 Å². The van der Waals surface area contributed by atoms with Crippen LogP contribution in [0.5, 0.6) is 11.5 Å². The highest BCUT2D eigenvalue weighted by Crippen LogP contribution is 2.36. The van der Waals surface area contributed by atoms with Crippen molar-refractivity contribution in [2.45, 2.75) is 124 Å². The van der Waals surface area contributed by atoms with Crippen LogP contribution < -0.4 is 35.7 Å². The molecule has 0 bridgehead atoms. The summed E-state index contributed by atoms with van der Waals surface area (Å²) in [6.07, 6.45) is 0.814. The number of carbonyl (C=O) groups is 2. The fourth-order valence-electron chi connectivity index (χ4n) is 6.73. The van der Waals surface area contributed by atoms with E-state index in [1.54, 1.807) is 23.0 Å². The van der Waals surface area contributed by atoms with E-state index in [2.05, 4.69) is 43.7 Å². The average Bonchev–Trinajstić information content (AvgIpc) is 3.69. The number of carbonyl (C=O) groups excluding carboxylic acids is 2. The molecule has 390 valence electrons. The minimum Gasteiger partial charge on any atom is -0.489 e. The molecular formula is C49H65Cl6N9O7. The number of alkyl halides is 3. The number of aryl methyl sites for hydroxylation is 2. The van der Waals surface area contributed by atoms with Gasteiger partial charge in [0.05, 0.1) is 51.9 Å². The van der Waals surface area contributed by atoms with Crippen LogP contribution in [0.4, 0.5) is 23.3 Å². The average molecular weight is 1100 g/mol. The minimum atomic E-state index is -1.05. The Labute approximate surface area is 446 Å². The number of hydrogen-bond acceptors (Lipinski definition) is 13. The van der Waals surface area contributed by atoms with Gasteiger partial charge >= 0.3 is 5.76 Å². The van der Waals surface area contributed by atoms with E-state index in [-0.39, 0.29) is 57.6 Å². The standard InChI is InChI=1S/C15H18Cl2N2O3.C15H22ClNO2.C11H11Cl2NO2.C8H14ClN5/c1-8(2)21-12-7-11(9(16)6-10(12)17)19-14(20)22-13(18-19)15(3,4)5;1-5-13-8-6-7-11(2)15(13)17(14(18)9-16)12(3)10-19-4;1-7-6-16-9-5-3-2-4-8(9)14(7)11(15)10(12)13;1-4-10-7-12-6(9)13-8(14-7)11-5(2)3/h6-8H,1-5H3;6-8,12H,5,9-10H2,1-4H3;2-5,7,10H,6H2,1H3;5H,4H2,1-3H3,(H2,10,11,12,13,14). The molecule has 2 atom stereocenters. The Morgan fingerprint density at radius 3 is 2.15 bits per heavy atom. The number of benzene rings is 3. The van der Waals surface area contributed by atoms with E-state index in [0.29, 0.717) is 53.2 Å². The molecular weight excluding hydrogens is 1040 g/mol. The van der Waals surface area contributed by atoms with Crippen LogP contribution in [0.2, 0.25) is 15.3 Å². The molecule has 0 radical (unpaired) electrons. The number of ether oxygens (including phenoxy) is 3. The second-order valence-electron chi connectivity index (χ2n) is 17.6. The van der Waals surface area contributed by atoms with E-state index in [4.69, 9.17) is 88.2 Å². The first kappa shape index (κ1) is 60.8. The van der Waals surface area contributed by atoms with Gasteiger partial charge in [-0.05, 0) is 103 Å². The summed E-state index contributed by atoms with van der Waals surface area (Å²) in [5, 5.41) is 11.1. The molecule has 2 aromatic heterocycles. The van der Waals surface area contributed by atoms with Crippen LogP contribution in [0, 0.1) is 6.92 Å². The molecule has 0 fully saturated rings. The summed E-state index contributed by atoms with van der Waals surface area (Å²) in [4.78, 5) is 50.4. The van der Waals surface area contributed by atoms with Gasteiger partial charge in [0, 0.05) is 31.2 Å². The fraction of sp³-hybridized carbons (Fsp3) is 0.490. The largest absolute Gasteiger partial charge is 0.489 e. The van der Waals surface area contributed by atoms with Gasteiger partial charge in [0.1, 0.15) is 24.0 Å². The summed E-state index contributed by atoms with van der Waals surface area (Å²) in [7, 11) is 1.64. The van der Waals surface area contributed by atoms with Gasteiger partial charge in [-0.1, -0.05) is 104 Å². The van der Waals surface area contributed by atoms with Gasteiger partial charge in [-0.15, -0.1) is 16.7 Å². The molecule has 0 aliphatic carbocycles. The van der Waals surface area contributed by atoms with Crippen molar-refractivity contribution in [2.24, 2.45) is 0 Å². The number of halogens is 6. The van der Waals surface area contributed by atoms with Crippen LogP contribution in [-0.4, -0.2) is 98.4 Å². The summed E-state index contributed by atoms with van der Waals surface area (Å²) < 4.78 is 22.6. The summed E-state index contributed by atoms with van der Waals surface area (Å²) in [5.41, 5.74) is 3.91. The lowest BCUT2D eigenvalue weighted by Crippen LogP contribution is -2.47. The summed E-state index contributed by atoms with van der Waals surface area (Å²) in [5.74, 6) is 1.41. The van der Waals surface area contributed by atoms with Crippen molar-refractivity contribution >= 4 is 105 Å². The fourth-order valence-corrected chi connectivity index (χ4v) is 7.74. The number of rotatable bonds is 14. The first-order valence-corrected chi connectivity index (χ1v) is 25.4. The van der Waals surface area contributed by atoms with Crippen LogP contribution >= 0.6 is 69.6 Å². The number of methoxy groups -OCH3 is 1. The zero-order valence-corrected chi connectivity index (χ0v) is 46.9. The molecule has 0 saturated heterocycles. The van der Waals surface area contributed by atoms with E-state index in [9.17, 15) is 14.4 Å². The number of nitrogens with zero attached hydrogens (tertiary/aromatic N) is 7. The molecule has 5 aromatic rings. The molecule has 0 spiro atoms. The smallest absolute Gasteiger partial charge is 0.442 e. The number of nitrogens with one attached hydrogen (secondary N) is 2. The molecule has 6 rings (SSSR count). The number of para-hydroxylation sites is 3. The molecule has 2 N–H and O–H groups in total. The van der Waals surface area contributed by atoms with E-state index < -0.39 is 10.6 Å². The highest BCUT2D eigenvalue weighted by Gasteiger charge is 2.32. The summed E-state index contributed by atoms with van der Waals surface area (Å²) in [6.45, 7) is 25.1. The zero-order valence-electron chi connectivity index (χ0n) is 42.4. The molecule has 16 nitrogen and oxygen atoms in total. The maximum Gasteiger partial charge on any atom is 0.442 e. The van der Waals surface area contributed by atoms with Crippen molar-refractivity contribution in [3.8, 4) is 17.2 Å². The Morgan fingerprint density at radius 2 is 1.59 bits per heavy atom. The van der Waals surface area contributed by atoms with Crippen LogP contribution in [-0.2, 0) is 26.2 Å². The van der Waals surface area contributed by atoms with E-state index >= 15 is 0 Å². The summed E-state index contributed by atoms with van der Waals surface area (Å²) in [6, 6.07) is 16.7. The zero-order chi connectivity index (χ0) is 53.3. The van der Waals surface area contributed by atoms with E-state index in [0.717, 1.165) is 40.1 Å². The second-order valence-corrected chi connectivity index (χ2v) is 20.1. The summed E-state index contributed by atoms with van der Waals surface area (Å²) >= 11 is 35.0. The number of aromatic nitrogens is 5. The lowest BCUT2D eigenvalue weighted by molar-refractivity contribution is -0.118. The number of amides is 2. The first-order chi connectivity index (χ1) is 33.4. The van der Waals surface area contributed by atoms with E-state index in [1.807, 2.05) is 113 Å². The maximum absolute atomic E-state index is 12.2. The van der Waals surface area contributed by atoms with Gasteiger partial charge in [-0.2, -0.15) is 19.6 Å². The van der Waals surface area contributed by atoms with Crippen LogP contribution in [0.3, 0.4) is 0 Å². The van der Waals surface area contributed by atoms with Crippen molar-refractivity contribution in [1.29, 1.82) is 0 Å². The molecule has 1 aliphatic rings. The molecule has 22 heteroatoms. The van der Waals surface area contributed by atoms with Gasteiger partial charge in [0.15, 0.2) is 4.84 Å².